The van der Waals surface area contributed by atoms with Gasteiger partial charge in [0.05, 0.1) is 35.9 Å². The molecule has 268 valence electrons. The van der Waals surface area contributed by atoms with Crippen LogP contribution in [0.2, 0.25) is 0 Å². The Morgan fingerprint density at radius 3 is 2.04 bits per heavy atom. The first kappa shape index (κ1) is 36.7. The molecule has 1 N–H and O–H groups in total. The summed E-state index contributed by atoms with van der Waals surface area (Å²) in [5.41, 5.74) is -5.03. The normalized spacial score (nSPS) is 22.0. The second kappa shape index (κ2) is 14.3. The van der Waals surface area contributed by atoms with E-state index in [1.165, 1.54) is 23.8 Å². The van der Waals surface area contributed by atoms with Gasteiger partial charge < -0.3 is 19.7 Å². The van der Waals surface area contributed by atoms with Gasteiger partial charge in [0, 0.05) is 20.0 Å². The lowest BCUT2D eigenvalue weighted by molar-refractivity contribution is -0.155. The van der Waals surface area contributed by atoms with E-state index in [0.717, 1.165) is 0 Å². The number of carbonyl (C=O) groups is 3. The zero-order valence-electron chi connectivity index (χ0n) is 27.4. The largest absolute Gasteiger partial charge is 0.445 e. The van der Waals surface area contributed by atoms with Gasteiger partial charge in [0.2, 0.25) is 11.8 Å². The molecule has 14 heteroatoms. The number of amides is 3. The smallest absolute Gasteiger partial charge is 0.416 e. The Hall–Kier alpha value is -4.59. The number of alkyl halides is 6. The molecule has 0 aliphatic carbocycles. The molecule has 2 aliphatic heterocycles. The van der Waals surface area contributed by atoms with Crippen molar-refractivity contribution in [2.45, 2.75) is 68.7 Å². The third-order valence-corrected chi connectivity index (χ3v) is 9.52. The van der Waals surface area contributed by atoms with Crippen LogP contribution in [0.3, 0.4) is 0 Å². The highest BCUT2D eigenvalue weighted by Gasteiger charge is 2.58. The Bertz CT molecular complexity index is 1650. The summed E-state index contributed by atoms with van der Waals surface area (Å²) in [6.45, 7) is 0.752. The molecule has 3 aromatic carbocycles. The lowest BCUT2D eigenvalue weighted by Gasteiger charge is -2.55. The molecular weight excluding hydrogens is 668 g/mol. The number of hydrogen-bond acceptors (Lipinski definition) is 5. The maximum Gasteiger partial charge on any atom is 0.416 e. The van der Waals surface area contributed by atoms with Gasteiger partial charge in [-0.1, -0.05) is 60.7 Å². The Morgan fingerprint density at radius 1 is 0.900 bits per heavy atom. The molecule has 0 radical (unpaired) electrons. The van der Waals surface area contributed by atoms with E-state index in [0.29, 0.717) is 29.7 Å². The number of piperidine rings is 1. The van der Waals surface area contributed by atoms with Crippen LogP contribution in [-0.4, -0.2) is 60.0 Å². The minimum Gasteiger partial charge on any atom is -0.445 e. The van der Waals surface area contributed by atoms with Crippen molar-refractivity contribution in [1.82, 2.24) is 15.1 Å². The number of likely N-dealkylation sites (tertiary alicyclic amines) is 2. The second-order valence-electron chi connectivity index (χ2n) is 12.6. The first-order valence-electron chi connectivity index (χ1n) is 16.1. The van der Waals surface area contributed by atoms with Crippen LogP contribution in [-0.2, 0) is 43.6 Å². The fourth-order valence-electron chi connectivity index (χ4n) is 6.79. The molecule has 2 heterocycles. The molecule has 0 saturated carbocycles. The van der Waals surface area contributed by atoms with Crippen LogP contribution in [0.4, 0.5) is 31.1 Å². The summed E-state index contributed by atoms with van der Waals surface area (Å²) in [4.78, 5) is 43.8. The van der Waals surface area contributed by atoms with Crippen molar-refractivity contribution >= 4 is 17.9 Å². The summed E-state index contributed by atoms with van der Waals surface area (Å²) in [5.74, 6) is -0.749. The Balaban J connectivity index is 1.57. The maximum atomic E-state index is 14.2. The van der Waals surface area contributed by atoms with Crippen LogP contribution < -0.4 is 5.32 Å². The fraction of sp³-hybridized carbons (Fsp3) is 0.417. The minimum atomic E-state index is -5.06. The van der Waals surface area contributed by atoms with Gasteiger partial charge in [-0.2, -0.15) is 26.3 Å². The number of halogens is 6. The number of likely N-dealkylation sites (N-methyl/N-ethyl adjacent to an activating group) is 1. The molecule has 5 rings (SSSR count). The van der Waals surface area contributed by atoms with Crippen molar-refractivity contribution in [2.75, 3.05) is 26.7 Å². The minimum absolute atomic E-state index is 0.0256. The first-order chi connectivity index (χ1) is 23.6. The van der Waals surface area contributed by atoms with Crippen molar-refractivity contribution in [3.63, 3.8) is 0 Å². The van der Waals surface area contributed by atoms with E-state index >= 15 is 0 Å². The van der Waals surface area contributed by atoms with Crippen LogP contribution in [0.1, 0.15) is 66.5 Å². The van der Waals surface area contributed by atoms with Gasteiger partial charge in [0.1, 0.15) is 12.1 Å². The average molecular weight is 706 g/mol. The highest BCUT2D eigenvalue weighted by atomic mass is 19.4. The van der Waals surface area contributed by atoms with E-state index in [2.05, 4.69) is 5.32 Å². The maximum absolute atomic E-state index is 14.2. The summed E-state index contributed by atoms with van der Waals surface area (Å²) < 4.78 is 94.1. The number of carbonyl (C=O) groups excluding carboxylic acids is 3. The van der Waals surface area contributed by atoms with Crippen LogP contribution in [0, 0.1) is 0 Å². The second-order valence-corrected chi connectivity index (χ2v) is 12.6. The Kier molecular flexibility index (Phi) is 10.5. The number of ether oxygens (including phenoxy) is 2. The van der Waals surface area contributed by atoms with E-state index in [-0.39, 0.29) is 56.5 Å². The number of nitrogens with zero attached hydrogens (tertiary/aromatic N) is 2. The lowest BCUT2D eigenvalue weighted by Crippen LogP contribution is -2.71. The van der Waals surface area contributed by atoms with Crippen LogP contribution in [0.5, 0.6) is 0 Å². The van der Waals surface area contributed by atoms with E-state index in [9.17, 15) is 40.7 Å². The Labute approximate surface area is 285 Å². The summed E-state index contributed by atoms with van der Waals surface area (Å²) in [7, 11) is 1.43. The molecule has 3 amide bonds. The van der Waals surface area contributed by atoms with Gasteiger partial charge in [0.15, 0.2) is 0 Å². The van der Waals surface area contributed by atoms with Crippen LogP contribution in [0.15, 0.2) is 78.9 Å². The molecule has 0 bridgehead atoms. The molecule has 2 saturated heterocycles. The van der Waals surface area contributed by atoms with Crippen molar-refractivity contribution in [1.29, 1.82) is 0 Å². The molecule has 1 unspecified atom stereocenters. The zero-order chi connectivity index (χ0) is 36.3. The van der Waals surface area contributed by atoms with E-state index in [1.54, 1.807) is 60.7 Å². The quantitative estimate of drug-likeness (QED) is 0.238. The summed E-state index contributed by atoms with van der Waals surface area (Å²) >= 11 is 0. The standard InChI is InChI=1S/C36H37F6N3O5/c1-24(26-18-28(35(37,38)39)20-29(19-26)36(40,41)42)50-23-34(27-12-7-4-8-13-27)16-15-33(31(47)43-2,44-17-9-14-30(44)46)22-45(34)32(48)49-21-25-10-5-3-6-11-25/h3-8,10-13,18-20,24H,9,14-17,21-23H2,1-2H3,(H,43,47)/t24-,33?,34-/m1/s1. The molecule has 2 fully saturated rings. The zero-order valence-corrected chi connectivity index (χ0v) is 27.4. The third-order valence-electron chi connectivity index (χ3n) is 9.52. The summed E-state index contributed by atoms with van der Waals surface area (Å²) in [6, 6.07) is 18.7. The fourth-order valence-corrected chi connectivity index (χ4v) is 6.79. The van der Waals surface area contributed by atoms with Crippen molar-refractivity contribution in [3.05, 3.63) is 107 Å². The first-order valence-corrected chi connectivity index (χ1v) is 16.1. The molecule has 2 aliphatic rings. The SMILES string of the molecule is CNC(=O)C1(N2CCCC2=O)CC[C@@](CO[C@H](C)c2cc(C(F)(F)F)cc(C(F)(F)F)c2)(c2ccccc2)N(C(=O)OCc2ccccc2)C1. The lowest BCUT2D eigenvalue weighted by atomic mass is 9.73. The third kappa shape index (κ3) is 7.44. The molecule has 3 aromatic rings. The van der Waals surface area contributed by atoms with Crippen LogP contribution in [0.25, 0.3) is 0 Å². The molecule has 0 spiro atoms. The average Bonchev–Trinajstić information content (AvgIpc) is 3.55. The molecule has 0 aromatic heterocycles. The Morgan fingerprint density at radius 2 is 1.50 bits per heavy atom. The van der Waals surface area contributed by atoms with Crippen molar-refractivity contribution in [2.24, 2.45) is 0 Å². The van der Waals surface area contributed by atoms with Gasteiger partial charge in [-0.3, -0.25) is 14.5 Å². The van der Waals surface area contributed by atoms with E-state index < -0.39 is 59.3 Å². The molecule has 3 atom stereocenters. The summed E-state index contributed by atoms with van der Waals surface area (Å²) in [6.07, 6.45) is -11.4. The topological polar surface area (TPSA) is 88.2 Å². The van der Waals surface area contributed by atoms with Crippen LogP contribution >= 0.6 is 0 Å². The predicted molar refractivity (Wildman–Crippen MR) is 169 cm³/mol. The molecule has 50 heavy (non-hydrogen) atoms. The van der Waals surface area contributed by atoms with E-state index in [1.807, 2.05) is 0 Å². The number of hydrogen-bond donors (Lipinski definition) is 1. The van der Waals surface area contributed by atoms with Gasteiger partial charge in [-0.05, 0) is 61.1 Å². The number of benzene rings is 3. The number of rotatable bonds is 9. The van der Waals surface area contributed by atoms with Gasteiger partial charge in [-0.15, -0.1) is 0 Å². The predicted octanol–water partition coefficient (Wildman–Crippen LogP) is 7.24. The molecular formula is C36H37F6N3O5. The van der Waals surface area contributed by atoms with E-state index in [4.69, 9.17) is 9.47 Å². The molecule has 8 nitrogen and oxygen atoms in total. The van der Waals surface area contributed by atoms with Crippen molar-refractivity contribution < 1.29 is 50.2 Å². The highest BCUT2D eigenvalue weighted by molar-refractivity contribution is 5.93. The number of nitrogens with one attached hydrogen (secondary N) is 1. The monoisotopic (exact) mass is 705 g/mol. The van der Waals surface area contributed by atoms with Gasteiger partial charge >= 0.3 is 18.4 Å². The highest BCUT2D eigenvalue weighted by Crippen LogP contribution is 2.46. The van der Waals surface area contributed by atoms with Gasteiger partial charge in [-0.25, -0.2) is 4.79 Å². The van der Waals surface area contributed by atoms with Gasteiger partial charge in [0.25, 0.3) is 0 Å². The van der Waals surface area contributed by atoms with Crippen molar-refractivity contribution in [3.8, 4) is 0 Å². The summed E-state index contributed by atoms with van der Waals surface area (Å²) in [5, 5.41) is 2.64.